The highest BCUT2D eigenvalue weighted by Gasteiger charge is 2.21. The average molecular weight is 507 g/mol. The Hall–Kier alpha value is -5.10. The molecule has 0 unspecified atom stereocenters. The highest BCUT2D eigenvalue weighted by molar-refractivity contribution is 7.80. The van der Waals surface area contributed by atoms with Gasteiger partial charge in [0.25, 0.3) is 11.8 Å². The molecule has 2 amide bonds. The van der Waals surface area contributed by atoms with E-state index < -0.39 is 40.8 Å². The topological polar surface area (TPSA) is 196 Å². The van der Waals surface area contributed by atoms with Crippen molar-refractivity contribution in [2.45, 2.75) is 0 Å². The highest BCUT2D eigenvalue weighted by atomic mass is 32.1. The zero-order chi connectivity index (χ0) is 26.6. The van der Waals surface area contributed by atoms with Gasteiger partial charge in [-0.15, -0.1) is 0 Å². The number of carbonyl (C=O) groups excluding carboxylic acids is 2. The van der Waals surface area contributed by atoms with E-state index in [-0.39, 0.29) is 33.1 Å². The van der Waals surface area contributed by atoms with Crippen LogP contribution in [0.2, 0.25) is 0 Å². The molecule has 0 aliphatic rings. The van der Waals surface area contributed by atoms with Gasteiger partial charge in [0, 0.05) is 11.1 Å². The van der Waals surface area contributed by atoms with Crippen molar-refractivity contribution in [2.24, 2.45) is 5.73 Å². The lowest BCUT2D eigenvalue weighted by Gasteiger charge is -2.15. The molecule has 12 heteroatoms. The first kappa shape index (κ1) is 25.5. The summed E-state index contributed by atoms with van der Waals surface area (Å²) >= 11 is 4.87. The standard InChI is InChI=1S/C24H17N3O8S/c25-19(36)11-1-3-12(4-2-11)20(28)27-18-10-14(23(32)33)6-8-17(18)26-21(29)16-9-13(22(30)31)5-7-15(16)24(34)35/h1-10H,(H2,25,36)(H,26,29)(H,27,28)(H,30,31)(H,32,33)(H,34,35). The number of nitrogens with one attached hydrogen (secondary N) is 2. The van der Waals surface area contributed by atoms with E-state index in [2.05, 4.69) is 10.6 Å². The van der Waals surface area contributed by atoms with E-state index in [1.807, 2.05) is 0 Å². The Kier molecular flexibility index (Phi) is 7.40. The van der Waals surface area contributed by atoms with Gasteiger partial charge in [0.1, 0.15) is 4.99 Å². The number of hydrogen-bond acceptors (Lipinski definition) is 6. The van der Waals surface area contributed by atoms with Crippen molar-refractivity contribution in [1.82, 2.24) is 0 Å². The highest BCUT2D eigenvalue weighted by Crippen LogP contribution is 2.26. The molecule has 11 nitrogen and oxygen atoms in total. The van der Waals surface area contributed by atoms with Gasteiger partial charge in [0.15, 0.2) is 0 Å². The molecule has 0 bridgehead atoms. The SMILES string of the molecule is NC(=S)c1ccc(C(=O)Nc2cc(C(=O)O)ccc2NC(=O)c2cc(C(=O)O)ccc2C(=O)O)cc1. The molecule has 0 spiro atoms. The zero-order valence-corrected chi connectivity index (χ0v) is 19.0. The van der Waals surface area contributed by atoms with Gasteiger partial charge >= 0.3 is 17.9 Å². The minimum Gasteiger partial charge on any atom is -0.478 e. The minimum absolute atomic E-state index is 0.0600. The van der Waals surface area contributed by atoms with E-state index in [0.717, 1.165) is 30.3 Å². The van der Waals surface area contributed by atoms with E-state index in [4.69, 9.17) is 18.0 Å². The van der Waals surface area contributed by atoms with Gasteiger partial charge in [-0.05, 0) is 48.5 Å². The van der Waals surface area contributed by atoms with Crippen molar-refractivity contribution in [2.75, 3.05) is 10.6 Å². The monoisotopic (exact) mass is 507 g/mol. The number of carbonyl (C=O) groups is 5. The fraction of sp³-hybridized carbons (Fsp3) is 0. The van der Waals surface area contributed by atoms with E-state index in [1.54, 1.807) is 0 Å². The number of amides is 2. The second-order valence-electron chi connectivity index (χ2n) is 7.29. The lowest BCUT2D eigenvalue weighted by molar-refractivity contribution is 0.0679. The van der Waals surface area contributed by atoms with Crippen LogP contribution >= 0.6 is 12.2 Å². The van der Waals surface area contributed by atoms with Crippen molar-refractivity contribution in [1.29, 1.82) is 0 Å². The summed E-state index contributed by atoms with van der Waals surface area (Å²) in [5, 5.41) is 32.8. The number of benzene rings is 3. The summed E-state index contributed by atoms with van der Waals surface area (Å²) in [4.78, 5) is 60.1. The van der Waals surface area contributed by atoms with Gasteiger partial charge in [0.2, 0.25) is 0 Å². The Morgan fingerprint density at radius 2 is 1.08 bits per heavy atom. The number of anilines is 2. The van der Waals surface area contributed by atoms with Crippen LogP contribution in [0.25, 0.3) is 0 Å². The van der Waals surface area contributed by atoms with Crippen LogP contribution < -0.4 is 16.4 Å². The summed E-state index contributed by atoms with van der Waals surface area (Å²) in [6.07, 6.45) is 0. The van der Waals surface area contributed by atoms with Crippen LogP contribution in [-0.4, -0.2) is 50.0 Å². The van der Waals surface area contributed by atoms with Crippen LogP contribution in [-0.2, 0) is 0 Å². The Morgan fingerprint density at radius 1 is 0.583 bits per heavy atom. The van der Waals surface area contributed by atoms with E-state index in [0.29, 0.717) is 5.56 Å². The number of aromatic carboxylic acids is 3. The molecule has 0 radical (unpaired) electrons. The first-order valence-electron chi connectivity index (χ1n) is 9.98. The third-order valence-electron chi connectivity index (χ3n) is 4.94. The van der Waals surface area contributed by atoms with E-state index in [1.165, 1.54) is 30.3 Å². The van der Waals surface area contributed by atoms with Crippen LogP contribution in [0.1, 0.15) is 57.4 Å². The summed E-state index contributed by atoms with van der Waals surface area (Å²) in [6, 6.07) is 12.3. The summed E-state index contributed by atoms with van der Waals surface area (Å²) in [6.45, 7) is 0. The molecular formula is C24H17N3O8S. The van der Waals surface area contributed by atoms with Gasteiger partial charge in [-0.25, -0.2) is 14.4 Å². The number of thiocarbonyl (C=S) groups is 1. The van der Waals surface area contributed by atoms with Crippen LogP contribution in [0.3, 0.4) is 0 Å². The van der Waals surface area contributed by atoms with Crippen LogP contribution in [0, 0.1) is 0 Å². The Balaban J connectivity index is 1.97. The molecule has 0 fully saturated rings. The van der Waals surface area contributed by atoms with Crippen molar-refractivity contribution < 1.29 is 39.3 Å². The van der Waals surface area contributed by atoms with Gasteiger partial charge in [0.05, 0.1) is 33.6 Å². The molecule has 0 heterocycles. The maximum absolute atomic E-state index is 12.9. The van der Waals surface area contributed by atoms with Crippen LogP contribution in [0.4, 0.5) is 11.4 Å². The van der Waals surface area contributed by atoms with Gasteiger partial charge in [-0.1, -0.05) is 24.4 Å². The number of carboxylic acids is 3. The van der Waals surface area contributed by atoms with Gasteiger partial charge < -0.3 is 31.7 Å². The number of carboxylic acid groups (broad SMARTS) is 3. The summed E-state index contributed by atoms with van der Waals surface area (Å²) in [7, 11) is 0. The molecule has 3 aromatic carbocycles. The van der Waals surface area contributed by atoms with Crippen molar-refractivity contribution in [3.05, 3.63) is 94.0 Å². The molecule has 0 aliphatic carbocycles. The van der Waals surface area contributed by atoms with Crippen LogP contribution in [0.5, 0.6) is 0 Å². The number of rotatable bonds is 8. The zero-order valence-electron chi connectivity index (χ0n) is 18.1. The molecule has 0 aromatic heterocycles. The van der Waals surface area contributed by atoms with Crippen molar-refractivity contribution in [3.63, 3.8) is 0 Å². The first-order chi connectivity index (χ1) is 17.0. The fourth-order valence-electron chi connectivity index (χ4n) is 3.11. The largest absolute Gasteiger partial charge is 0.478 e. The predicted octanol–water partition coefficient (Wildman–Crippen LogP) is 2.92. The fourth-order valence-corrected chi connectivity index (χ4v) is 3.25. The summed E-state index contributed by atoms with van der Waals surface area (Å²) in [5.41, 5.74) is 4.66. The molecule has 182 valence electrons. The Bertz CT molecular complexity index is 1430. The molecular weight excluding hydrogens is 490 g/mol. The molecule has 0 saturated carbocycles. The van der Waals surface area contributed by atoms with Gasteiger partial charge in [-0.3, -0.25) is 9.59 Å². The number of hydrogen-bond donors (Lipinski definition) is 6. The normalized spacial score (nSPS) is 10.2. The van der Waals surface area contributed by atoms with E-state index >= 15 is 0 Å². The minimum atomic E-state index is -1.47. The summed E-state index contributed by atoms with van der Waals surface area (Å²) in [5.74, 6) is -5.78. The van der Waals surface area contributed by atoms with E-state index in [9.17, 15) is 39.3 Å². The van der Waals surface area contributed by atoms with Crippen LogP contribution in [0.15, 0.2) is 60.7 Å². The maximum Gasteiger partial charge on any atom is 0.336 e. The lowest BCUT2D eigenvalue weighted by Crippen LogP contribution is -2.20. The molecule has 0 atom stereocenters. The quantitative estimate of drug-likeness (QED) is 0.247. The third kappa shape index (κ3) is 5.69. The van der Waals surface area contributed by atoms with Gasteiger partial charge in [-0.2, -0.15) is 0 Å². The predicted molar refractivity (Wildman–Crippen MR) is 132 cm³/mol. The second kappa shape index (κ2) is 10.4. The Morgan fingerprint density at radius 3 is 1.64 bits per heavy atom. The molecule has 0 saturated heterocycles. The molecule has 3 aromatic rings. The third-order valence-corrected chi connectivity index (χ3v) is 5.17. The average Bonchev–Trinajstić information content (AvgIpc) is 2.84. The Labute approximate surface area is 208 Å². The molecule has 3 rings (SSSR count). The first-order valence-corrected chi connectivity index (χ1v) is 10.4. The lowest BCUT2D eigenvalue weighted by atomic mass is 10.0. The molecule has 0 aliphatic heterocycles. The molecule has 36 heavy (non-hydrogen) atoms. The smallest absolute Gasteiger partial charge is 0.336 e. The summed E-state index contributed by atoms with van der Waals surface area (Å²) < 4.78 is 0. The number of nitrogens with two attached hydrogens (primary N) is 1. The molecule has 7 N–H and O–H groups in total. The maximum atomic E-state index is 12.9. The van der Waals surface area contributed by atoms with Crippen molar-refractivity contribution in [3.8, 4) is 0 Å². The van der Waals surface area contributed by atoms with Crippen molar-refractivity contribution >= 4 is 58.3 Å². The second-order valence-corrected chi connectivity index (χ2v) is 7.73.